The molecular weight excluding hydrogens is 224 g/mol. The quantitative estimate of drug-likeness (QED) is 0.875. The van der Waals surface area contributed by atoms with Crippen LogP contribution in [0.1, 0.15) is 43.9 Å². The second kappa shape index (κ2) is 5.06. The van der Waals surface area contributed by atoms with Gasteiger partial charge in [-0.25, -0.2) is 0 Å². The Morgan fingerprint density at radius 1 is 1.22 bits per heavy atom. The van der Waals surface area contributed by atoms with Crippen molar-refractivity contribution >= 4 is 0 Å². The van der Waals surface area contributed by atoms with E-state index in [2.05, 4.69) is 50.9 Å². The van der Waals surface area contributed by atoms with Gasteiger partial charge < -0.3 is 9.73 Å². The molecule has 0 unspecified atom stereocenters. The molecular formula is C15H26N2O. The van der Waals surface area contributed by atoms with Crippen LogP contribution in [0.15, 0.2) is 10.5 Å². The van der Waals surface area contributed by atoms with Gasteiger partial charge in [-0.3, -0.25) is 4.90 Å². The maximum Gasteiger partial charge on any atom is 0.122 e. The number of nitrogens with zero attached hydrogens (tertiary/aromatic N) is 1. The van der Waals surface area contributed by atoms with Gasteiger partial charge in [-0.05, 0) is 30.9 Å². The van der Waals surface area contributed by atoms with Crippen molar-refractivity contribution in [1.82, 2.24) is 10.2 Å². The van der Waals surface area contributed by atoms with Crippen LogP contribution in [0.5, 0.6) is 0 Å². The molecule has 1 saturated heterocycles. The molecule has 0 bridgehead atoms. The van der Waals surface area contributed by atoms with Crippen molar-refractivity contribution in [3.05, 3.63) is 23.2 Å². The lowest BCUT2D eigenvalue weighted by Gasteiger charge is -2.41. The number of nitrogens with one attached hydrogen (secondary N) is 1. The van der Waals surface area contributed by atoms with E-state index in [0.717, 1.165) is 37.7 Å². The van der Waals surface area contributed by atoms with E-state index >= 15 is 0 Å². The fraction of sp³-hybridized carbons (Fsp3) is 0.733. The minimum atomic E-state index is 0.189. The highest BCUT2D eigenvalue weighted by molar-refractivity contribution is 5.22. The predicted octanol–water partition coefficient (Wildman–Crippen LogP) is 2.89. The zero-order valence-corrected chi connectivity index (χ0v) is 12.3. The summed E-state index contributed by atoms with van der Waals surface area (Å²) in [5, 5.41) is 3.42. The molecule has 102 valence electrons. The van der Waals surface area contributed by atoms with Gasteiger partial charge in [0.1, 0.15) is 11.5 Å². The minimum Gasteiger partial charge on any atom is -0.464 e. The number of aryl methyl sites for hydroxylation is 2. The zero-order chi connectivity index (χ0) is 13.3. The van der Waals surface area contributed by atoms with Crippen molar-refractivity contribution in [2.24, 2.45) is 5.41 Å². The van der Waals surface area contributed by atoms with Crippen molar-refractivity contribution in [2.45, 2.75) is 40.7 Å². The highest BCUT2D eigenvalue weighted by Gasteiger charge is 2.35. The summed E-state index contributed by atoms with van der Waals surface area (Å²) in [6.07, 6.45) is 0. The Bertz CT molecular complexity index is 378. The lowest BCUT2D eigenvalue weighted by molar-refractivity contribution is 0.0690. The number of hydrogen-bond acceptors (Lipinski definition) is 3. The number of piperazine rings is 1. The van der Waals surface area contributed by atoms with E-state index in [0.29, 0.717) is 6.04 Å². The molecule has 0 amide bonds. The molecule has 1 atom stereocenters. The molecule has 3 nitrogen and oxygen atoms in total. The number of hydrogen-bond donors (Lipinski definition) is 1. The van der Waals surface area contributed by atoms with Gasteiger partial charge in [-0.2, -0.15) is 0 Å². The lowest BCUT2D eigenvalue weighted by Crippen LogP contribution is -2.48. The Morgan fingerprint density at radius 2 is 1.83 bits per heavy atom. The molecule has 1 aliphatic rings. The zero-order valence-electron chi connectivity index (χ0n) is 12.3. The summed E-state index contributed by atoms with van der Waals surface area (Å²) in [5.41, 5.74) is 1.45. The Labute approximate surface area is 111 Å². The average Bonchev–Trinajstić information content (AvgIpc) is 2.58. The molecule has 2 heterocycles. The molecule has 1 aliphatic heterocycles. The fourth-order valence-corrected chi connectivity index (χ4v) is 2.83. The smallest absolute Gasteiger partial charge is 0.122 e. The SMILES string of the molecule is Cc1cc([C@H](N2CCNCC2)C(C)(C)C)oc1C. The van der Waals surface area contributed by atoms with Crippen LogP contribution in [-0.4, -0.2) is 31.1 Å². The average molecular weight is 250 g/mol. The molecule has 0 radical (unpaired) electrons. The summed E-state index contributed by atoms with van der Waals surface area (Å²) in [7, 11) is 0. The third kappa shape index (κ3) is 2.78. The van der Waals surface area contributed by atoms with Gasteiger partial charge in [0.25, 0.3) is 0 Å². The van der Waals surface area contributed by atoms with Crippen molar-refractivity contribution in [1.29, 1.82) is 0 Å². The van der Waals surface area contributed by atoms with E-state index in [9.17, 15) is 0 Å². The van der Waals surface area contributed by atoms with Crippen LogP contribution in [0.4, 0.5) is 0 Å². The van der Waals surface area contributed by atoms with E-state index in [1.54, 1.807) is 0 Å². The fourth-order valence-electron chi connectivity index (χ4n) is 2.83. The van der Waals surface area contributed by atoms with Gasteiger partial charge in [-0.15, -0.1) is 0 Å². The Balaban J connectivity index is 2.30. The molecule has 1 fully saturated rings. The van der Waals surface area contributed by atoms with E-state index in [1.165, 1.54) is 5.56 Å². The lowest BCUT2D eigenvalue weighted by atomic mass is 9.83. The molecule has 0 aliphatic carbocycles. The first-order chi connectivity index (χ1) is 8.39. The maximum atomic E-state index is 5.99. The van der Waals surface area contributed by atoms with Crippen molar-refractivity contribution in [2.75, 3.05) is 26.2 Å². The second-order valence-corrected chi connectivity index (χ2v) is 6.44. The van der Waals surface area contributed by atoms with Crippen LogP contribution in [0, 0.1) is 19.3 Å². The van der Waals surface area contributed by atoms with Crippen LogP contribution in [0.3, 0.4) is 0 Å². The monoisotopic (exact) mass is 250 g/mol. The molecule has 0 spiro atoms. The Hall–Kier alpha value is -0.800. The Morgan fingerprint density at radius 3 is 2.28 bits per heavy atom. The standard InChI is InChI=1S/C15H26N2O/c1-11-10-13(18-12(11)2)14(15(3,4)5)17-8-6-16-7-9-17/h10,14,16H,6-9H2,1-5H3/t14-/m0/s1. The number of furan rings is 1. The summed E-state index contributed by atoms with van der Waals surface area (Å²) in [6, 6.07) is 2.58. The van der Waals surface area contributed by atoms with Gasteiger partial charge in [0.2, 0.25) is 0 Å². The van der Waals surface area contributed by atoms with Crippen LogP contribution < -0.4 is 5.32 Å². The molecule has 1 aromatic heterocycles. The van der Waals surface area contributed by atoms with E-state index in [-0.39, 0.29) is 5.41 Å². The van der Waals surface area contributed by atoms with Gasteiger partial charge >= 0.3 is 0 Å². The molecule has 0 saturated carbocycles. The molecule has 0 aromatic carbocycles. The molecule has 1 N–H and O–H groups in total. The van der Waals surface area contributed by atoms with Crippen molar-refractivity contribution in [3.63, 3.8) is 0 Å². The van der Waals surface area contributed by atoms with Crippen LogP contribution in [0.2, 0.25) is 0 Å². The third-order valence-corrected chi connectivity index (χ3v) is 3.79. The van der Waals surface area contributed by atoms with Crippen LogP contribution in [-0.2, 0) is 0 Å². The molecule has 18 heavy (non-hydrogen) atoms. The van der Waals surface area contributed by atoms with E-state index in [4.69, 9.17) is 4.42 Å². The first-order valence-corrected chi connectivity index (χ1v) is 6.91. The normalized spacial score (nSPS) is 20.1. The topological polar surface area (TPSA) is 28.4 Å². The summed E-state index contributed by atoms with van der Waals surface area (Å²) in [4.78, 5) is 2.55. The highest BCUT2D eigenvalue weighted by atomic mass is 16.3. The highest BCUT2D eigenvalue weighted by Crippen LogP contribution is 2.39. The molecule has 2 rings (SSSR count). The van der Waals surface area contributed by atoms with Crippen LogP contribution >= 0.6 is 0 Å². The van der Waals surface area contributed by atoms with Crippen LogP contribution in [0.25, 0.3) is 0 Å². The van der Waals surface area contributed by atoms with Crippen molar-refractivity contribution in [3.8, 4) is 0 Å². The minimum absolute atomic E-state index is 0.189. The van der Waals surface area contributed by atoms with E-state index < -0.39 is 0 Å². The second-order valence-electron chi connectivity index (χ2n) is 6.44. The van der Waals surface area contributed by atoms with Gasteiger partial charge in [-0.1, -0.05) is 20.8 Å². The molecule has 3 heteroatoms. The van der Waals surface area contributed by atoms with Gasteiger partial charge in [0, 0.05) is 26.2 Å². The summed E-state index contributed by atoms with van der Waals surface area (Å²) in [5.74, 6) is 2.17. The van der Waals surface area contributed by atoms with Gasteiger partial charge in [0.15, 0.2) is 0 Å². The predicted molar refractivity (Wildman–Crippen MR) is 74.8 cm³/mol. The van der Waals surface area contributed by atoms with Crippen molar-refractivity contribution < 1.29 is 4.42 Å². The summed E-state index contributed by atoms with van der Waals surface area (Å²) in [6.45, 7) is 15.4. The van der Waals surface area contributed by atoms with Gasteiger partial charge in [0.05, 0.1) is 6.04 Å². The summed E-state index contributed by atoms with van der Waals surface area (Å²) < 4.78 is 5.99. The van der Waals surface area contributed by atoms with E-state index in [1.807, 2.05) is 0 Å². The first-order valence-electron chi connectivity index (χ1n) is 6.91. The number of rotatable bonds is 2. The molecule has 1 aromatic rings. The Kier molecular flexibility index (Phi) is 3.83. The maximum absolute atomic E-state index is 5.99. The third-order valence-electron chi connectivity index (χ3n) is 3.79. The largest absolute Gasteiger partial charge is 0.464 e. The first kappa shape index (κ1) is 13.6. The summed E-state index contributed by atoms with van der Waals surface area (Å²) >= 11 is 0.